The van der Waals surface area contributed by atoms with Crippen LogP contribution in [0.4, 0.5) is 6.01 Å². The van der Waals surface area contributed by atoms with Crippen LogP contribution in [0.5, 0.6) is 0 Å². The maximum atomic E-state index is 10.2. The summed E-state index contributed by atoms with van der Waals surface area (Å²) in [5, 5.41) is 10.2. The fraction of sp³-hybridized carbons (Fsp3) is 0. The second-order valence-electron chi connectivity index (χ2n) is 2.22. The summed E-state index contributed by atoms with van der Waals surface area (Å²) in [5.74, 6) is 0. The van der Waals surface area contributed by atoms with Gasteiger partial charge >= 0.3 is 6.01 Å². The van der Waals surface area contributed by atoms with Crippen LogP contribution in [0, 0.1) is 10.1 Å². The molecule has 0 fully saturated rings. The van der Waals surface area contributed by atoms with Gasteiger partial charge in [0.25, 0.3) is 0 Å². The highest BCUT2D eigenvalue weighted by molar-refractivity contribution is 5.73. The summed E-state index contributed by atoms with van der Waals surface area (Å²) in [6, 6.07) is 6.31. The zero-order chi connectivity index (χ0) is 8.55. The molecule has 2 rings (SSSR count). The van der Waals surface area contributed by atoms with E-state index in [1.165, 1.54) is 0 Å². The largest absolute Gasteiger partial charge is 0.546 e. The van der Waals surface area contributed by atoms with Crippen molar-refractivity contribution in [3.63, 3.8) is 0 Å². The third-order valence-corrected chi connectivity index (χ3v) is 1.44. The van der Waals surface area contributed by atoms with Crippen molar-refractivity contribution in [1.82, 2.24) is 4.98 Å². The summed E-state index contributed by atoms with van der Waals surface area (Å²) in [4.78, 5) is 13.2. The molecule has 0 unspecified atom stereocenters. The number of nitrogens with zero attached hydrogens (tertiary/aromatic N) is 2. The number of fused-ring (bicyclic) bond motifs is 1. The Hall–Kier alpha value is -1.91. The molecule has 0 N–H and O–H groups in total. The van der Waals surface area contributed by atoms with Gasteiger partial charge in [-0.15, -0.1) is 0 Å². The van der Waals surface area contributed by atoms with Gasteiger partial charge in [-0.2, -0.15) is 0 Å². The molecule has 1 heterocycles. The van der Waals surface area contributed by atoms with E-state index >= 15 is 0 Å². The number of para-hydroxylation sites is 2. The van der Waals surface area contributed by atoms with E-state index in [0.717, 1.165) is 0 Å². The van der Waals surface area contributed by atoms with E-state index < -0.39 is 10.9 Å². The van der Waals surface area contributed by atoms with Crippen LogP contribution >= 0.6 is 0 Å². The van der Waals surface area contributed by atoms with Crippen LogP contribution in [0.2, 0.25) is 0 Å². The van der Waals surface area contributed by atoms with Gasteiger partial charge in [0.2, 0.25) is 5.52 Å². The molecule has 0 saturated carbocycles. The molecule has 2 aromatic rings. The van der Waals surface area contributed by atoms with Gasteiger partial charge in [0.05, 0.1) is 0 Å². The average molecular weight is 164 g/mol. The normalized spacial score (nSPS) is 10.3. The predicted molar refractivity (Wildman–Crippen MR) is 40.7 cm³/mol. The van der Waals surface area contributed by atoms with Crippen molar-refractivity contribution in [1.29, 1.82) is 0 Å². The molecule has 0 atom stereocenters. The number of aromatic nitrogens is 1. The number of hydrogen-bond acceptors (Lipinski definition) is 4. The Bertz CT molecular complexity index is 402. The van der Waals surface area contributed by atoms with Crippen molar-refractivity contribution in [2.24, 2.45) is 0 Å². The lowest BCUT2D eigenvalue weighted by Gasteiger charge is -1.80. The molecule has 1 aromatic carbocycles. The van der Waals surface area contributed by atoms with E-state index in [4.69, 9.17) is 4.42 Å². The topological polar surface area (TPSA) is 69.2 Å². The zero-order valence-electron chi connectivity index (χ0n) is 5.93. The van der Waals surface area contributed by atoms with E-state index in [0.29, 0.717) is 11.1 Å². The molecule has 0 aliphatic carbocycles. The SMILES string of the molecule is O=[N+]([O-])c1nc2ccccc2o1. The predicted octanol–water partition coefficient (Wildman–Crippen LogP) is 1.74. The third-order valence-electron chi connectivity index (χ3n) is 1.44. The number of benzene rings is 1. The first-order chi connectivity index (χ1) is 5.77. The molecule has 0 bridgehead atoms. The second kappa shape index (κ2) is 2.30. The van der Waals surface area contributed by atoms with Gasteiger partial charge in [0.15, 0.2) is 5.58 Å². The number of oxazole rings is 1. The minimum Gasteiger partial charge on any atom is -0.381 e. The molecule has 60 valence electrons. The van der Waals surface area contributed by atoms with Crippen molar-refractivity contribution in [2.75, 3.05) is 0 Å². The van der Waals surface area contributed by atoms with Crippen LogP contribution in [-0.2, 0) is 0 Å². The Morgan fingerprint density at radius 2 is 2.17 bits per heavy atom. The summed E-state index contributed by atoms with van der Waals surface area (Å²) in [6.07, 6.45) is 0. The molecule has 0 aliphatic rings. The maximum Gasteiger partial charge on any atom is 0.546 e. The molecule has 1 aromatic heterocycles. The Balaban J connectivity index is 2.70. The first-order valence-corrected chi connectivity index (χ1v) is 3.27. The van der Waals surface area contributed by atoms with Crippen molar-refractivity contribution >= 4 is 17.1 Å². The molecule has 12 heavy (non-hydrogen) atoms. The molecule has 0 aliphatic heterocycles. The Morgan fingerprint density at radius 3 is 2.83 bits per heavy atom. The van der Waals surface area contributed by atoms with Gasteiger partial charge in [0, 0.05) is 9.91 Å². The number of hydrogen-bond donors (Lipinski definition) is 0. The average Bonchev–Trinajstić information content (AvgIpc) is 2.46. The van der Waals surface area contributed by atoms with Crippen LogP contribution in [-0.4, -0.2) is 9.91 Å². The van der Waals surface area contributed by atoms with Crippen molar-refractivity contribution in [3.05, 3.63) is 34.4 Å². The smallest absolute Gasteiger partial charge is 0.381 e. The van der Waals surface area contributed by atoms with Crippen LogP contribution in [0.3, 0.4) is 0 Å². The van der Waals surface area contributed by atoms with Gasteiger partial charge in [-0.3, -0.25) is 0 Å². The van der Waals surface area contributed by atoms with Crippen molar-refractivity contribution in [2.45, 2.75) is 0 Å². The Morgan fingerprint density at radius 1 is 1.42 bits per heavy atom. The van der Waals surface area contributed by atoms with Gasteiger partial charge in [-0.05, 0) is 12.1 Å². The molecule has 0 amide bonds. The molecular formula is C7H4N2O3. The fourth-order valence-corrected chi connectivity index (χ4v) is 0.938. The second-order valence-corrected chi connectivity index (χ2v) is 2.22. The lowest BCUT2D eigenvalue weighted by atomic mass is 10.3. The summed E-state index contributed by atoms with van der Waals surface area (Å²) in [7, 11) is 0. The highest BCUT2D eigenvalue weighted by atomic mass is 16.7. The van der Waals surface area contributed by atoms with Crippen LogP contribution < -0.4 is 0 Å². The molecule has 5 heteroatoms. The number of rotatable bonds is 1. The third kappa shape index (κ3) is 0.914. The minimum absolute atomic E-state index is 0.434. The summed E-state index contributed by atoms with van der Waals surface area (Å²) in [6.45, 7) is 0. The maximum absolute atomic E-state index is 10.2. The van der Waals surface area contributed by atoms with Crippen LogP contribution in [0.1, 0.15) is 0 Å². The molecule has 0 saturated heterocycles. The summed E-state index contributed by atoms with van der Waals surface area (Å²) >= 11 is 0. The number of nitro groups is 1. The lowest BCUT2D eigenvalue weighted by molar-refractivity contribution is -0.406. The standard InChI is InChI=1S/C7H4N2O3/c10-9(11)7-8-5-3-1-2-4-6(5)12-7/h1-4H. The fourth-order valence-electron chi connectivity index (χ4n) is 0.938. The highest BCUT2D eigenvalue weighted by Gasteiger charge is 2.15. The highest BCUT2D eigenvalue weighted by Crippen LogP contribution is 2.18. The Kier molecular flexibility index (Phi) is 1.30. The van der Waals surface area contributed by atoms with Crippen molar-refractivity contribution in [3.8, 4) is 0 Å². The van der Waals surface area contributed by atoms with Crippen LogP contribution in [0.15, 0.2) is 28.7 Å². The van der Waals surface area contributed by atoms with E-state index in [2.05, 4.69) is 4.98 Å². The molecule has 0 spiro atoms. The molecule has 0 radical (unpaired) electrons. The summed E-state index contributed by atoms with van der Waals surface area (Å²) in [5.41, 5.74) is 0.938. The summed E-state index contributed by atoms with van der Waals surface area (Å²) < 4.78 is 4.82. The molecular weight excluding hydrogens is 160 g/mol. The van der Waals surface area contributed by atoms with Crippen molar-refractivity contribution < 1.29 is 9.34 Å². The quantitative estimate of drug-likeness (QED) is 0.475. The first-order valence-electron chi connectivity index (χ1n) is 3.27. The van der Waals surface area contributed by atoms with Gasteiger partial charge in [0.1, 0.15) is 0 Å². The van der Waals surface area contributed by atoms with Gasteiger partial charge < -0.3 is 14.5 Å². The minimum atomic E-state index is -0.653. The van der Waals surface area contributed by atoms with Gasteiger partial charge in [-0.1, -0.05) is 12.1 Å². The van der Waals surface area contributed by atoms with E-state index in [9.17, 15) is 10.1 Å². The monoisotopic (exact) mass is 164 g/mol. The Labute approximate surface area is 66.8 Å². The molecule has 5 nitrogen and oxygen atoms in total. The first kappa shape index (κ1) is 6.78. The zero-order valence-corrected chi connectivity index (χ0v) is 5.93. The van der Waals surface area contributed by atoms with E-state index in [1.807, 2.05) is 0 Å². The van der Waals surface area contributed by atoms with E-state index in [-0.39, 0.29) is 0 Å². The van der Waals surface area contributed by atoms with Gasteiger partial charge in [-0.25, -0.2) is 0 Å². The lowest BCUT2D eigenvalue weighted by Crippen LogP contribution is -1.85. The van der Waals surface area contributed by atoms with E-state index in [1.54, 1.807) is 24.3 Å². The van der Waals surface area contributed by atoms with Crippen LogP contribution in [0.25, 0.3) is 11.1 Å².